The van der Waals surface area contributed by atoms with E-state index in [0.717, 1.165) is 0 Å². The molecule has 2 atom stereocenters. The van der Waals surface area contributed by atoms with E-state index in [9.17, 15) is 9.59 Å². The molecular weight excluding hydrogens is 270 g/mol. The normalized spacial score (nSPS) is 23.1. The molecule has 114 valence electrons. The first kappa shape index (κ1) is 15.3. The van der Waals surface area contributed by atoms with Crippen molar-refractivity contribution in [2.45, 2.75) is 31.8 Å². The van der Waals surface area contributed by atoms with Gasteiger partial charge in [0.05, 0.1) is 7.11 Å². The summed E-state index contributed by atoms with van der Waals surface area (Å²) in [5.74, 6) is 0.351. The van der Waals surface area contributed by atoms with Gasteiger partial charge in [-0.1, -0.05) is 19.1 Å². The lowest BCUT2D eigenvalue weighted by atomic mass is 9.92. The van der Waals surface area contributed by atoms with Crippen LogP contribution in [0, 0.1) is 0 Å². The summed E-state index contributed by atoms with van der Waals surface area (Å²) in [6.07, 6.45) is 0.701. The average Bonchev–Trinajstić information content (AvgIpc) is 2.71. The molecular formula is C15H21N3O3. The molecule has 0 bridgehead atoms. The molecule has 3 amide bonds. The summed E-state index contributed by atoms with van der Waals surface area (Å²) in [6.45, 7) is 3.84. The summed E-state index contributed by atoms with van der Waals surface area (Å²) in [7, 11) is 1.56. The zero-order valence-electron chi connectivity index (χ0n) is 12.6. The molecule has 1 aliphatic rings. The summed E-state index contributed by atoms with van der Waals surface area (Å²) < 4.78 is 5.17. The number of urea groups is 1. The number of carbonyl (C=O) groups excluding carboxylic acids is 2. The number of benzene rings is 1. The first-order valence-corrected chi connectivity index (χ1v) is 6.96. The summed E-state index contributed by atoms with van der Waals surface area (Å²) in [5, 5.41) is 2.75. The van der Waals surface area contributed by atoms with E-state index in [1.165, 1.54) is 4.90 Å². The third kappa shape index (κ3) is 2.71. The average molecular weight is 291 g/mol. The minimum Gasteiger partial charge on any atom is -0.497 e. The van der Waals surface area contributed by atoms with Gasteiger partial charge in [-0.3, -0.25) is 9.69 Å². The SMILES string of the molecule is CCC(N)CN1C(=O)NC(C)(c2cccc(OC)c2)C1=O. The molecule has 1 fully saturated rings. The van der Waals surface area contributed by atoms with Crippen LogP contribution in [0.2, 0.25) is 0 Å². The summed E-state index contributed by atoms with van der Waals surface area (Å²) in [4.78, 5) is 25.9. The fourth-order valence-corrected chi connectivity index (χ4v) is 2.36. The van der Waals surface area contributed by atoms with Crippen LogP contribution in [0.4, 0.5) is 4.79 Å². The van der Waals surface area contributed by atoms with Crippen molar-refractivity contribution in [1.29, 1.82) is 0 Å². The quantitative estimate of drug-likeness (QED) is 0.798. The lowest BCUT2D eigenvalue weighted by Crippen LogP contribution is -2.43. The number of methoxy groups -OCH3 is 1. The van der Waals surface area contributed by atoms with E-state index >= 15 is 0 Å². The van der Waals surface area contributed by atoms with Gasteiger partial charge >= 0.3 is 6.03 Å². The van der Waals surface area contributed by atoms with E-state index in [2.05, 4.69) is 5.32 Å². The van der Waals surface area contributed by atoms with Crippen LogP contribution in [0.15, 0.2) is 24.3 Å². The molecule has 1 saturated heterocycles. The predicted molar refractivity (Wildman–Crippen MR) is 78.9 cm³/mol. The number of ether oxygens (including phenoxy) is 1. The van der Waals surface area contributed by atoms with Crippen LogP contribution in [0.1, 0.15) is 25.8 Å². The maximum absolute atomic E-state index is 12.6. The van der Waals surface area contributed by atoms with Gasteiger partial charge in [-0.15, -0.1) is 0 Å². The maximum atomic E-state index is 12.6. The summed E-state index contributed by atoms with van der Waals surface area (Å²) >= 11 is 0. The first-order valence-electron chi connectivity index (χ1n) is 6.96. The van der Waals surface area contributed by atoms with Crippen molar-refractivity contribution >= 4 is 11.9 Å². The van der Waals surface area contributed by atoms with Crippen LogP contribution < -0.4 is 15.8 Å². The third-order valence-corrected chi connectivity index (χ3v) is 3.86. The highest BCUT2D eigenvalue weighted by atomic mass is 16.5. The van der Waals surface area contributed by atoms with E-state index in [1.807, 2.05) is 6.92 Å². The van der Waals surface area contributed by atoms with Crippen molar-refractivity contribution < 1.29 is 14.3 Å². The van der Waals surface area contributed by atoms with Crippen molar-refractivity contribution in [2.75, 3.05) is 13.7 Å². The lowest BCUT2D eigenvalue weighted by Gasteiger charge is -2.23. The molecule has 0 spiro atoms. The van der Waals surface area contributed by atoms with Crippen LogP contribution in [-0.4, -0.2) is 36.5 Å². The van der Waals surface area contributed by atoms with Crippen LogP contribution in [-0.2, 0) is 10.3 Å². The molecule has 3 N–H and O–H groups in total. The highest BCUT2D eigenvalue weighted by Gasteiger charge is 2.49. The fraction of sp³-hybridized carbons (Fsp3) is 0.467. The Morgan fingerprint density at radius 3 is 2.76 bits per heavy atom. The second-order valence-corrected chi connectivity index (χ2v) is 5.37. The van der Waals surface area contributed by atoms with E-state index < -0.39 is 11.6 Å². The topological polar surface area (TPSA) is 84.7 Å². The van der Waals surface area contributed by atoms with Gasteiger partial charge in [0.2, 0.25) is 0 Å². The molecule has 0 radical (unpaired) electrons. The molecule has 6 nitrogen and oxygen atoms in total. The standard InChI is InChI=1S/C15H21N3O3/c1-4-11(16)9-18-13(19)15(2,17-14(18)20)10-6-5-7-12(8-10)21-3/h5-8,11H,4,9,16H2,1-3H3,(H,17,20). The van der Waals surface area contributed by atoms with E-state index in [4.69, 9.17) is 10.5 Å². The number of amides is 3. The van der Waals surface area contributed by atoms with Crippen molar-refractivity contribution in [3.63, 3.8) is 0 Å². The molecule has 0 aromatic heterocycles. The van der Waals surface area contributed by atoms with Gasteiger partial charge in [0.1, 0.15) is 11.3 Å². The summed E-state index contributed by atoms with van der Waals surface area (Å²) in [6, 6.07) is 6.50. The Morgan fingerprint density at radius 2 is 2.14 bits per heavy atom. The molecule has 1 heterocycles. The number of nitrogens with one attached hydrogen (secondary N) is 1. The molecule has 0 saturated carbocycles. The number of hydrogen-bond acceptors (Lipinski definition) is 4. The smallest absolute Gasteiger partial charge is 0.325 e. The minimum absolute atomic E-state index is 0.215. The second-order valence-electron chi connectivity index (χ2n) is 5.37. The fourth-order valence-electron chi connectivity index (χ4n) is 2.36. The van der Waals surface area contributed by atoms with Gasteiger partial charge in [-0.25, -0.2) is 4.79 Å². The Bertz CT molecular complexity index is 561. The highest BCUT2D eigenvalue weighted by Crippen LogP contribution is 2.30. The number of carbonyl (C=O) groups is 2. The molecule has 1 aliphatic heterocycles. The van der Waals surface area contributed by atoms with Crippen molar-refractivity contribution in [3.8, 4) is 5.75 Å². The number of rotatable bonds is 5. The van der Waals surface area contributed by atoms with Gasteiger partial charge < -0.3 is 15.8 Å². The van der Waals surface area contributed by atoms with E-state index in [-0.39, 0.29) is 18.5 Å². The maximum Gasteiger partial charge on any atom is 0.325 e. The predicted octanol–water partition coefficient (Wildman–Crippen LogP) is 1.20. The van der Waals surface area contributed by atoms with Crippen LogP contribution in [0.3, 0.4) is 0 Å². The molecule has 21 heavy (non-hydrogen) atoms. The Kier molecular flexibility index (Phi) is 4.18. The van der Waals surface area contributed by atoms with Crippen LogP contribution >= 0.6 is 0 Å². The van der Waals surface area contributed by atoms with Gasteiger partial charge in [-0.2, -0.15) is 0 Å². The Morgan fingerprint density at radius 1 is 1.43 bits per heavy atom. The molecule has 2 unspecified atom stereocenters. The number of imide groups is 1. The lowest BCUT2D eigenvalue weighted by molar-refractivity contribution is -0.131. The zero-order chi connectivity index (χ0) is 15.6. The van der Waals surface area contributed by atoms with Crippen molar-refractivity contribution in [3.05, 3.63) is 29.8 Å². The molecule has 2 rings (SSSR count). The van der Waals surface area contributed by atoms with Crippen molar-refractivity contribution in [1.82, 2.24) is 10.2 Å². The Labute approximate surface area is 124 Å². The second kappa shape index (κ2) is 5.73. The largest absolute Gasteiger partial charge is 0.497 e. The zero-order valence-corrected chi connectivity index (χ0v) is 12.6. The van der Waals surface area contributed by atoms with Gasteiger partial charge in [-0.05, 0) is 31.0 Å². The summed E-state index contributed by atoms with van der Waals surface area (Å²) in [5.41, 5.74) is 5.46. The van der Waals surface area contributed by atoms with Crippen LogP contribution in [0.25, 0.3) is 0 Å². The number of nitrogens with two attached hydrogens (primary N) is 1. The number of nitrogens with zero attached hydrogens (tertiary/aromatic N) is 1. The minimum atomic E-state index is -1.08. The molecule has 6 heteroatoms. The van der Waals surface area contributed by atoms with Gasteiger partial charge in [0.15, 0.2) is 0 Å². The molecule has 1 aromatic rings. The Balaban J connectivity index is 2.31. The van der Waals surface area contributed by atoms with Gasteiger partial charge in [0.25, 0.3) is 5.91 Å². The monoisotopic (exact) mass is 291 g/mol. The highest BCUT2D eigenvalue weighted by molar-refractivity contribution is 6.07. The third-order valence-electron chi connectivity index (χ3n) is 3.86. The Hall–Kier alpha value is -2.08. The number of hydrogen-bond donors (Lipinski definition) is 2. The van der Waals surface area contributed by atoms with Crippen LogP contribution in [0.5, 0.6) is 5.75 Å². The van der Waals surface area contributed by atoms with E-state index in [0.29, 0.717) is 17.7 Å². The molecule has 0 aliphatic carbocycles. The van der Waals surface area contributed by atoms with Crippen molar-refractivity contribution in [2.24, 2.45) is 5.73 Å². The van der Waals surface area contributed by atoms with E-state index in [1.54, 1.807) is 38.3 Å². The first-order chi connectivity index (χ1) is 9.92. The molecule has 1 aromatic carbocycles. The van der Waals surface area contributed by atoms with Gasteiger partial charge in [0, 0.05) is 12.6 Å².